The number of hydrogen-bond donors (Lipinski definition) is 0. The van der Waals surface area contributed by atoms with Crippen LogP contribution in [0.1, 0.15) is 0 Å². The molecule has 0 N–H and O–H groups in total. The molecule has 0 aromatic heterocycles. The fourth-order valence-corrected chi connectivity index (χ4v) is 3.49. The molecule has 2 nitrogen and oxygen atoms in total. The first kappa shape index (κ1) is 5.40. The Morgan fingerprint density at radius 1 is 1.14 bits per heavy atom. The molecule has 0 bridgehead atoms. The van der Waals surface area contributed by atoms with E-state index in [2.05, 4.69) is 31.9 Å². The minimum atomic E-state index is -0.485. The Kier molecular flexibility index (Phi) is 1.56. The summed E-state index contributed by atoms with van der Waals surface area (Å²) in [4.78, 5) is 0. The summed E-state index contributed by atoms with van der Waals surface area (Å²) in [5.41, 5.74) is 0. The summed E-state index contributed by atoms with van der Waals surface area (Å²) < 4.78 is 4.64. The van der Waals surface area contributed by atoms with Crippen molar-refractivity contribution in [1.82, 2.24) is 5.42 Å². The molecule has 0 aliphatic carbocycles. The fourth-order valence-electron chi connectivity index (χ4n) is 0.515. The first-order valence-electron chi connectivity index (χ1n) is 2.19. The van der Waals surface area contributed by atoms with E-state index in [1.165, 1.54) is 0 Å². The first-order chi connectivity index (χ1) is 3.29. The molecule has 1 aliphatic heterocycles. The van der Waals surface area contributed by atoms with Crippen molar-refractivity contribution in [3.05, 3.63) is 12.4 Å². The van der Waals surface area contributed by atoms with E-state index in [1.807, 2.05) is 0 Å². The van der Waals surface area contributed by atoms with Crippen molar-refractivity contribution in [2.45, 2.75) is 0 Å². The summed E-state index contributed by atoms with van der Waals surface area (Å²) in [7, 11) is 4.28. The van der Waals surface area contributed by atoms with Crippen molar-refractivity contribution in [2.75, 3.05) is 14.1 Å². The van der Waals surface area contributed by atoms with Crippen molar-refractivity contribution in [3.8, 4) is 0 Å². The zero-order chi connectivity index (χ0) is 5.28. The van der Waals surface area contributed by atoms with Crippen LogP contribution in [0.15, 0.2) is 12.4 Å². The van der Waals surface area contributed by atoms with Crippen LogP contribution in [0.4, 0.5) is 0 Å². The molecule has 0 unspecified atom stereocenters. The SMILES string of the molecule is C[N]1C=C[N](C)[Pb]1. The molecule has 0 spiro atoms. The van der Waals surface area contributed by atoms with Crippen molar-refractivity contribution in [2.24, 2.45) is 0 Å². The van der Waals surface area contributed by atoms with E-state index in [0.717, 1.165) is 0 Å². The van der Waals surface area contributed by atoms with E-state index < -0.39 is 24.8 Å². The molecule has 38 valence electrons. The Morgan fingerprint density at radius 3 is 1.71 bits per heavy atom. The van der Waals surface area contributed by atoms with Gasteiger partial charge in [-0.15, -0.1) is 0 Å². The van der Waals surface area contributed by atoms with E-state index in [1.54, 1.807) is 0 Å². The van der Waals surface area contributed by atoms with Gasteiger partial charge in [-0.05, 0) is 0 Å². The van der Waals surface area contributed by atoms with Crippen LogP contribution in [-0.2, 0) is 0 Å². The normalized spacial score (nSPS) is 19.1. The van der Waals surface area contributed by atoms with Crippen LogP contribution in [0, 0.1) is 0 Å². The molecule has 0 saturated heterocycles. The molecule has 0 aromatic rings. The number of nitrogens with zero attached hydrogens (tertiary/aromatic N) is 2. The Balaban J connectivity index is 2.42. The van der Waals surface area contributed by atoms with E-state index in [-0.39, 0.29) is 0 Å². The molecule has 0 aromatic carbocycles. The third-order valence-electron chi connectivity index (χ3n) is 0.829. The topological polar surface area (TPSA) is 6.48 Å². The first-order valence-corrected chi connectivity index (χ1v) is 5.67. The molecule has 0 fully saturated rings. The third kappa shape index (κ3) is 1.33. The van der Waals surface area contributed by atoms with Crippen LogP contribution in [-0.4, -0.2) is 44.3 Å². The second kappa shape index (κ2) is 2.02. The Morgan fingerprint density at radius 2 is 1.57 bits per heavy atom. The van der Waals surface area contributed by atoms with Crippen LogP contribution >= 0.6 is 0 Å². The van der Waals surface area contributed by atoms with Crippen molar-refractivity contribution >= 4 is 24.8 Å². The number of rotatable bonds is 0. The standard InChI is InChI=1S/C4H8N2.Pb/c1-5-3-4-6-2;/h3-4H,1-2H3;/q-2;+2. The van der Waals surface area contributed by atoms with Crippen LogP contribution in [0.5, 0.6) is 0 Å². The fraction of sp³-hybridized carbons (Fsp3) is 0.500. The molecule has 1 rings (SSSR count). The Labute approximate surface area is 56.8 Å². The van der Waals surface area contributed by atoms with E-state index >= 15 is 0 Å². The Hall–Kier alpha value is 0.262. The van der Waals surface area contributed by atoms with Gasteiger partial charge < -0.3 is 0 Å². The summed E-state index contributed by atoms with van der Waals surface area (Å²) in [6.07, 6.45) is 4.28. The van der Waals surface area contributed by atoms with Crippen LogP contribution in [0.25, 0.3) is 0 Å². The maximum atomic E-state index is 2.32. The average molecular weight is 291 g/mol. The summed E-state index contributed by atoms with van der Waals surface area (Å²) in [5, 5.41) is 0. The second-order valence-electron chi connectivity index (χ2n) is 1.62. The van der Waals surface area contributed by atoms with Gasteiger partial charge in [-0.2, -0.15) is 0 Å². The monoisotopic (exact) mass is 292 g/mol. The van der Waals surface area contributed by atoms with E-state index in [4.69, 9.17) is 0 Å². The van der Waals surface area contributed by atoms with Gasteiger partial charge in [0, 0.05) is 0 Å². The summed E-state index contributed by atoms with van der Waals surface area (Å²) in [5.74, 6) is 0. The van der Waals surface area contributed by atoms with Gasteiger partial charge in [0.2, 0.25) is 0 Å². The van der Waals surface area contributed by atoms with Gasteiger partial charge in [0.15, 0.2) is 0 Å². The zero-order valence-corrected chi connectivity index (χ0v) is 8.44. The van der Waals surface area contributed by atoms with Crippen LogP contribution in [0.2, 0.25) is 0 Å². The van der Waals surface area contributed by atoms with E-state index in [9.17, 15) is 0 Å². The van der Waals surface area contributed by atoms with Crippen LogP contribution in [0.3, 0.4) is 0 Å². The summed E-state index contributed by atoms with van der Waals surface area (Å²) in [6, 6.07) is 0. The molecule has 0 amide bonds. The van der Waals surface area contributed by atoms with Crippen molar-refractivity contribution in [3.63, 3.8) is 0 Å². The molecular formula is C4H8N2Pb. The van der Waals surface area contributed by atoms with Gasteiger partial charge >= 0.3 is 56.7 Å². The maximum absolute atomic E-state index is 2.32. The van der Waals surface area contributed by atoms with Gasteiger partial charge in [-0.3, -0.25) is 0 Å². The predicted octanol–water partition coefficient (Wildman–Crippen LogP) is -0.131. The molecule has 1 heterocycles. The molecule has 0 atom stereocenters. The van der Waals surface area contributed by atoms with Crippen molar-refractivity contribution in [1.29, 1.82) is 0 Å². The minimum absolute atomic E-state index is 0.485. The molecule has 2 radical (unpaired) electrons. The van der Waals surface area contributed by atoms with Gasteiger partial charge in [0.1, 0.15) is 0 Å². The summed E-state index contributed by atoms with van der Waals surface area (Å²) in [6.45, 7) is 0. The molecule has 3 heteroatoms. The third-order valence-corrected chi connectivity index (χ3v) is 4.44. The van der Waals surface area contributed by atoms with Crippen LogP contribution < -0.4 is 0 Å². The molecule has 1 aliphatic rings. The molecular weight excluding hydrogens is 283 g/mol. The van der Waals surface area contributed by atoms with E-state index in [0.29, 0.717) is 0 Å². The van der Waals surface area contributed by atoms with Gasteiger partial charge in [-0.1, -0.05) is 0 Å². The van der Waals surface area contributed by atoms with Gasteiger partial charge in [-0.25, -0.2) is 0 Å². The summed E-state index contributed by atoms with van der Waals surface area (Å²) >= 11 is -0.485. The second-order valence-corrected chi connectivity index (χ2v) is 7.88. The van der Waals surface area contributed by atoms with Gasteiger partial charge in [0.05, 0.1) is 0 Å². The molecule has 0 saturated carbocycles. The quantitative estimate of drug-likeness (QED) is 0.574. The predicted molar refractivity (Wildman–Crippen MR) is 30.4 cm³/mol. The van der Waals surface area contributed by atoms with Gasteiger partial charge in [0.25, 0.3) is 0 Å². The number of hydrogen-bond acceptors (Lipinski definition) is 2. The average Bonchev–Trinajstić information content (AvgIpc) is 1.87. The van der Waals surface area contributed by atoms with Crippen molar-refractivity contribution < 1.29 is 0 Å². The molecule has 7 heavy (non-hydrogen) atoms. The Bertz CT molecular complexity index is 81.7. The zero-order valence-electron chi connectivity index (χ0n) is 4.55.